The smallest absolute Gasteiger partial charge is 0.269 e. The number of para-hydroxylation sites is 3. The van der Waals surface area contributed by atoms with Crippen LogP contribution in [-0.2, 0) is 11.8 Å². The van der Waals surface area contributed by atoms with E-state index in [9.17, 15) is 0 Å². The predicted octanol–water partition coefficient (Wildman–Crippen LogP) is 10.3. The van der Waals surface area contributed by atoms with Crippen LogP contribution in [0.5, 0.6) is 11.5 Å². The lowest BCUT2D eigenvalue weighted by molar-refractivity contribution is -0.572. The Hall–Kier alpha value is -5.75. The normalized spacial score (nSPS) is 13.2. The van der Waals surface area contributed by atoms with Crippen LogP contribution in [-0.4, -0.2) is 19.1 Å². The number of ether oxygens (including phenoxy) is 1. The summed E-state index contributed by atoms with van der Waals surface area (Å²) >= 11 is 0. The number of aromatic nitrogens is 5. The topological polar surface area (TPSA) is 48.8 Å². The van der Waals surface area contributed by atoms with Crippen LogP contribution in [0.4, 0.5) is 0 Å². The second-order valence-corrected chi connectivity index (χ2v) is 14.8. The van der Waals surface area contributed by atoms with Gasteiger partial charge in [-0.05, 0) is 71.3 Å². The summed E-state index contributed by atoms with van der Waals surface area (Å²) in [5, 5.41) is 2.27. The SMILES string of the molecule is [2H]C([2H])(c1cccc(-[n+]2[c-]n(-c3cncc(Oc4ccc5c6ccccc6n(-c6cc(C(C)(C)C)ccn6)c5c4)c3)c3ccccc32)c1)C(C)(C)C. The highest BCUT2D eigenvalue weighted by molar-refractivity contribution is 6.09. The Labute approximate surface area is 296 Å². The van der Waals surface area contributed by atoms with Crippen LogP contribution in [0.3, 0.4) is 0 Å². The number of hydrogen-bond acceptors (Lipinski definition) is 3. The van der Waals surface area contributed by atoms with E-state index in [1.54, 1.807) is 12.4 Å². The van der Waals surface area contributed by atoms with E-state index in [1.807, 2.05) is 96.8 Å². The van der Waals surface area contributed by atoms with Gasteiger partial charge in [-0.1, -0.05) is 102 Å². The minimum Gasteiger partial charge on any atom is -0.456 e. The van der Waals surface area contributed by atoms with Crippen molar-refractivity contribution in [3.63, 3.8) is 0 Å². The molecule has 0 spiro atoms. The first-order chi connectivity index (χ1) is 24.8. The Morgan fingerprint density at radius 3 is 2.34 bits per heavy atom. The molecule has 0 aliphatic rings. The van der Waals surface area contributed by atoms with Gasteiger partial charge in [-0.25, -0.2) is 4.98 Å². The third-order valence-electron chi connectivity index (χ3n) is 8.87. The van der Waals surface area contributed by atoms with Crippen molar-refractivity contribution in [3.8, 4) is 28.7 Å². The van der Waals surface area contributed by atoms with E-state index >= 15 is 0 Å². The highest BCUT2D eigenvalue weighted by atomic mass is 16.5. The summed E-state index contributed by atoms with van der Waals surface area (Å²) < 4.78 is 30.4. The number of benzene rings is 4. The molecule has 4 heterocycles. The van der Waals surface area contributed by atoms with E-state index in [0.717, 1.165) is 50.0 Å². The predicted molar refractivity (Wildman–Crippen MR) is 202 cm³/mol. The average Bonchev–Trinajstić information content (AvgIpc) is 3.67. The number of fused-ring (bicyclic) bond motifs is 4. The molecule has 0 N–H and O–H groups in total. The molecule has 248 valence electrons. The Morgan fingerprint density at radius 1 is 0.740 bits per heavy atom. The van der Waals surface area contributed by atoms with E-state index in [0.29, 0.717) is 17.1 Å². The van der Waals surface area contributed by atoms with Gasteiger partial charge in [0.05, 0.1) is 39.6 Å². The molecule has 0 radical (unpaired) electrons. The molecule has 6 nitrogen and oxygen atoms in total. The second kappa shape index (κ2) is 12.0. The first-order valence-electron chi connectivity index (χ1n) is 18.0. The maximum Gasteiger partial charge on any atom is 0.269 e. The third kappa shape index (κ3) is 5.91. The molecule has 4 aromatic heterocycles. The van der Waals surface area contributed by atoms with Crippen LogP contribution in [0.25, 0.3) is 50.0 Å². The summed E-state index contributed by atoms with van der Waals surface area (Å²) in [5.41, 5.74) is 6.82. The zero-order chi connectivity index (χ0) is 36.4. The quantitative estimate of drug-likeness (QED) is 0.132. The molecule has 0 unspecified atom stereocenters. The van der Waals surface area contributed by atoms with Gasteiger partial charge in [0.25, 0.3) is 6.33 Å². The Morgan fingerprint density at radius 2 is 1.52 bits per heavy atom. The fourth-order valence-electron chi connectivity index (χ4n) is 6.59. The molecule has 8 rings (SSSR count). The van der Waals surface area contributed by atoms with Crippen molar-refractivity contribution in [1.82, 2.24) is 19.1 Å². The summed E-state index contributed by atoms with van der Waals surface area (Å²) in [6, 6.07) is 36.6. The Bertz CT molecular complexity index is 2620. The second-order valence-electron chi connectivity index (χ2n) is 14.8. The van der Waals surface area contributed by atoms with E-state index in [-0.39, 0.29) is 5.41 Å². The molecule has 6 heteroatoms. The molecular weight excluding hydrogens is 615 g/mol. The van der Waals surface area contributed by atoms with Crippen molar-refractivity contribution >= 4 is 32.8 Å². The fraction of sp³-hybridized carbons (Fsp3) is 0.205. The summed E-state index contributed by atoms with van der Waals surface area (Å²) in [6.07, 6.45) is 7.39. The molecule has 50 heavy (non-hydrogen) atoms. The van der Waals surface area contributed by atoms with Gasteiger partial charge in [-0.15, -0.1) is 0 Å². The van der Waals surface area contributed by atoms with E-state index < -0.39 is 11.8 Å². The first-order valence-corrected chi connectivity index (χ1v) is 17.0. The lowest BCUT2D eigenvalue weighted by Crippen LogP contribution is -2.29. The minimum absolute atomic E-state index is 0.0173. The van der Waals surface area contributed by atoms with Crippen molar-refractivity contribution in [2.45, 2.75) is 53.3 Å². The van der Waals surface area contributed by atoms with Crippen molar-refractivity contribution in [2.75, 3.05) is 0 Å². The van der Waals surface area contributed by atoms with Gasteiger partial charge in [0.15, 0.2) is 0 Å². The van der Waals surface area contributed by atoms with E-state index in [2.05, 4.69) is 85.2 Å². The average molecular weight is 658 g/mol. The summed E-state index contributed by atoms with van der Waals surface area (Å²) in [6.45, 7) is 12.4. The zero-order valence-electron chi connectivity index (χ0n) is 31.3. The number of imidazole rings is 1. The van der Waals surface area contributed by atoms with Gasteiger partial charge < -0.3 is 4.74 Å². The van der Waals surface area contributed by atoms with Gasteiger partial charge in [-0.3, -0.25) is 18.7 Å². The molecule has 0 saturated heterocycles. The van der Waals surface area contributed by atoms with Gasteiger partial charge in [0.2, 0.25) is 0 Å². The monoisotopic (exact) mass is 657 g/mol. The third-order valence-corrected chi connectivity index (χ3v) is 8.87. The summed E-state index contributed by atoms with van der Waals surface area (Å²) in [4.78, 5) is 9.39. The van der Waals surface area contributed by atoms with E-state index in [1.165, 1.54) is 5.56 Å². The van der Waals surface area contributed by atoms with Gasteiger partial charge in [0.1, 0.15) is 17.3 Å². The molecule has 0 atom stereocenters. The zero-order valence-corrected chi connectivity index (χ0v) is 29.3. The van der Waals surface area contributed by atoms with Crippen LogP contribution in [0.2, 0.25) is 0 Å². The lowest BCUT2D eigenvalue weighted by atomic mass is 9.88. The van der Waals surface area contributed by atoms with Crippen molar-refractivity contribution in [2.24, 2.45) is 5.41 Å². The molecule has 4 aromatic carbocycles. The number of rotatable bonds is 6. The number of pyridine rings is 2. The standard InChI is InChI=1S/C44H41N5O/c1-43(2,3)26-30-12-11-13-32(22-30)47-29-48(40-17-10-9-16-39(40)47)33-24-35(28-45-27-33)50-34-18-19-37-36-14-7-8-15-38(36)49(41(37)25-34)42-23-31(20-21-46-42)44(4,5)6/h7-25,27-28H,26H2,1-6H3/i26D2. The molecule has 8 aromatic rings. The molecule has 0 aliphatic heterocycles. The van der Waals surface area contributed by atoms with Crippen LogP contribution >= 0.6 is 0 Å². The Kier molecular flexibility index (Phi) is 7.00. The number of hydrogen-bond donors (Lipinski definition) is 0. The van der Waals surface area contributed by atoms with Gasteiger partial charge >= 0.3 is 0 Å². The van der Waals surface area contributed by atoms with Crippen molar-refractivity contribution < 1.29 is 12.0 Å². The maximum absolute atomic E-state index is 8.87. The highest BCUT2D eigenvalue weighted by Gasteiger charge is 2.19. The largest absolute Gasteiger partial charge is 0.456 e. The molecule has 0 aliphatic carbocycles. The van der Waals surface area contributed by atoms with Crippen LogP contribution < -0.4 is 9.30 Å². The summed E-state index contributed by atoms with van der Waals surface area (Å²) in [5.74, 6) is 2.14. The molecule has 0 amide bonds. The lowest BCUT2D eigenvalue weighted by Gasteiger charge is -2.20. The van der Waals surface area contributed by atoms with Gasteiger partial charge in [0, 0.05) is 32.0 Å². The molecule has 0 bridgehead atoms. The molecule has 0 saturated carbocycles. The van der Waals surface area contributed by atoms with Crippen molar-refractivity contribution in [1.29, 1.82) is 0 Å². The fourth-order valence-corrected chi connectivity index (χ4v) is 6.59. The van der Waals surface area contributed by atoms with Crippen LogP contribution in [0.1, 0.15) is 55.4 Å². The first kappa shape index (κ1) is 29.2. The van der Waals surface area contributed by atoms with E-state index in [4.69, 9.17) is 12.5 Å². The summed E-state index contributed by atoms with van der Waals surface area (Å²) in [7, 11) is 0. The van der Waals surface area contributed by atoms with Gasteiger partial charge in [-0.2, -0.15) is 0 Å². The van der Waals surface area contributed by atoms with Crippen LogP contribution in [0.15, 0.2) is 128 Å². The highest BCUT2D eigenvalue weighted by Crippen LogP contribution is 2.36. The Balaban J connectivity index is 1.19. The minimum atomic E-state index is -1.53. The number of nitrogens with zero attached hydrogens (tertiary/aromatic N) is 5. The van der Waals surface area contributed by atoms with Crippen molar-refractivity contribution in [3.05, 3.63) is 145 Å². The molecule has 0 fully saturated rings. The molecular formula is C44H41N5O. The van der Waals surface area contributed by atoms with Crippen LogP contribution in [0, 0.1) is 11.7 Å². The maximum atomic E-state index is 8.87.